The van der Waals surface area contributed by atoms with Crippen LogP contribution in [-0.4, -0.2) is 23.6 Å². The van der Waals surface area contributed by atoms with Gasteiger partial charge in [-0.05, 0) is 40.4 Å². The van der Waals surface area contributed by atoms with Crippen molar-refractivity contribution in [2.45, 2.75) is 12.8 Å². The summed E-state index contributed by atoms with van der Waals surface area (Å²) in [5.41, 5.74) is 2.29. The molecule has 1 aliphatic heterocycles. The Labute approximate surface area is 125 Å². The fourth-order valence-electron chi connectivity index (χ4n) is 2.19. The number of aromatic nitrogens is 2. The van der Waals surface area contributed by atoms with Gasteiger partial charge >= 0.3 is 6.01 Å². The van der Waals surface area contributed by atoms with E-state index in [1.165, 1.54) is 5.56 Å². The third kappa shape index (κ3) is 2.56. The van der Waals surface area contributed by atoms with Crippen molar-refractivity contribution in [2.24, 2.45) is 0 Å². The number of halogens is 1. The number of nitrogens with one attached hydrogen (secondary N) is 1. The topological polar surface area (TPSA) is 56.3 Å². The first kappa shape index (κ1) is 13.2. The van der Waals surface area contributed by atoms with Crippen molar-refractivity contribution in [1.82, 2.24) is 9.97 Å². The molecule has 0 spiro atoms. The van der Waals surface area contributed by atoms with Crippen LogP contribution in [-0.2, 0) is 6.42 Å². The lowest BCUT2D eigenvalue weighted by atomic mass is 10.0. The number of fused-ring (bicyclic) bond motifs is 1. The minimum Gasteiger partial charge on any atom is -0.480 e. The maximum Gasteiger partial charge on any atom is 0.325 e. The summed E-state index contributed by atoms with van der Waals surface area (Å²) in [7, 11) is 1.56. The van der Waals surface area contributed by atoms with Crippen LogP contribution in [0.4, 0.5) is 5.69 Å². The first-order chi connectivity index (χ1) is 9.78. The predicted molar refractivity (Wildman–Crippen MR) is 79.6 cm³/mol. The summed E-state index contributed by atoms with van der Waals surface area (Å²) in [5.74, 6) is 1.19. The molecule has 6 heteroatoms. The molecule has 0 fully saturated rings. The normalized spacial score (nSPS) is 13.3. The minimum atomic E-state index is 0.269. The van der Waals surface area contributed by atoms with E-state index in [2.05, 4.69) is 37.3 Å². The summed E-state index contributed by atoms with van der Waals surface area (Å²) >= 11 is 3.32. The van der Waals surface area contributed by atoms with E-state index in [-0.39, 0.29) is 6.01 Å². The molecule has 2 heterocycles. The number of anilines is 1. The number of rotatable bonds is 3. The van der Waals surface area contributed by atoms with Crippen LogP contribution in [0.2, 0.25) is 0 Å². The second-order valence-corrected chi connectivity index (χ2v) is 5.29. The van der Waals surface area contributed by atoms with E-state index in [0.717, 1.165) is 30.8 Å². The lowest BCUT2D eigenvalue weighted by Gasteiger charge is -2.20. The van der Waals surface area contributed by atoms with E-state index < -0.39 is 0 Å². The molecule has 2 aromatic rings. The molecule has 0 saturated carbocycles. The highest BCUT2D eigenvalue weighted by Crippen LogP contribution is 2.34. The molecule has 0 aliphatic carbocycles. The molecule has 1 aliphatic rings. The summed E-state index contributed by atoms with van der Waals surface area (Å²) < 4.78 is 11.6. The van der Waals surface area contributed by atoms with Crippen LogP contribution in [0.1, 0.15) is 12.0 Å². The lowest BCUT2D eigenvalue weighted by molar-refractivity contribution is 0.374. The summed E-state index contributed by atoms with van der Waals surface area (Å²) in [6, 6.07) is 6.27. The number of para-hydroxylation sites is 1. The Balaban J connectivity index is 1.91. The first-order valence-corrected chi connectivity index (χ1v) is 7.17. The Bertz CT molecular complexity index is 634. The molecule has 0 atom stereocenters. The fourth-order valence-corrected chi connectivity index (χ4v) is 2.54. The van der Waals surface area contributed by atoms with Crippen LogP contribution < -0.4 is 14.8 Å². The van der Waals surface area contributed by atoms with Gasteiger partial charge in [-0.15, -0.1) is 0 Å². The largest absolute Gasteiger partial charge is 0.480 e. The molecule has 0 amide bonds. The molecule has 1 aromatic heterocycles. The van der Waals surface area contributed by atoms with Gasteiger partial charge in [0.1, 0.15) is 0 Å². The van der Waals surface area contributed by atoms with Crippen molar-refractivity contribution >= 4 is 21.6 Å². The summed E-state index contributed by atoms with van der Waals surface area (Å²) in [4.78, 5) is 8.35. The molecule has 0 unspecified atom stereocenters. The molecule has 1 aromatic carbocycles. The van der Waals surface area contributed by atoms with Crippen molar-refractivity contribution in [3.8, 4) is 17.6 Å². The Kier molecular flexibility index (Phi) is 3.73. The van der Waals surface area contributed by atoms with Gasteiger partial charge in [-0.25, -0.2) is 4.98 Å². The fraction of sp³-hybridized carbons (Fsp3) is 0.286. The number of benzene rings is 1. The van der Waals surface area contributed by atoms with Gasteiger partial charge in [0, 0.05) is 6.54 Å². The molecule has 0 saturated heterocycles. The zero-order valence-electron chi connectivity index (χ0n) is 11.0. The van der Waals surface area contributed by atoms with Crippen LogP contribution in [0.3, 0.4) is 0 Å². The zero-order chi connectivity index (χ0) is 13.9. The average molecular weight is 336 g/mol. The van der Waals surface area contributed by atoms with Gasteiger partial charge < -0.3 is 14.8 Å². The molecule has 104 valence electrons. The number of ether oxygens (including phenoxy) is 2. The van der Waals surface area contributed by atoms with Crippen molar-refractivity contribution in [2.75, 3.05) is 19.0 Å². The van der Waals surface area contributed by atoms with Gasteiger partial charge in [0.05, 0.1) is 23.5 Å². The van der Waals surface area contributed by atoms with E-state index in [1.807, 2.05) is 12.1 Å². The quantitative estimate of drug-likeness (QED) is 0.931. The molecule has 3 rings (SSSR count). The molecular weight excluding hydrogens is 322 g/mol. The standard InChI is InChI=1S/C14H14BrN3O2/c1-19-13-10(15)8-17-14(18-13)20-11-6-2-4-9-5-3-7-16-12(9)11/h2,4,6,8,16H,3,5,7H2,1H3. The maximum absolute atomic E-state index is 5.79. The van der Waals surface area contributed by atoms with Gasteiger partial charge in [-0.3, -0.25) is 0 Å². The highest BCUT2D eigenvalue weighted by atomic mass is 79.9. The Morgan fingerprint density at radius 1 is 1.35 bits per heavy atom. The number of hydrogen-bond donors (Lipinski definition) is 1. The van der Waals surface area contributed by atoms with Crippen molar-refractivity contribution in [1.29, 1.82) is 0 Å². The molecule has 0 radical (unpaired) electrons. The Morgan fingerprint density at radius 2 is 2.25 bits per heavy atom. The van der Waals surface area contributed by atoms with E-state index >= 15 is 0 Å². The number of methoxy groups -OCH3 is 1. The van der Waals surface area contributed by atoms with E-state index in [0.29, 0.717) is 10.4 Å². The van der Waals surface area contributed by atoms with Gasteiger partial charge in [0.2, 0.25) is 5.88 Å². The third-order valence-electron chi connectivity index (χ3n) is 3.12. The number of hydrogen-bond acceptors (Lipinski definition) is 5. The molecular formula is C14H14BrN3O2. The molecule has 20 heavy (non-hydrogen) atoms. The maximum atomic E-state index is 5.79. The Morgan fingerprint density at radius 3 is 3.10 bits per heavy atom. The van der Waals surface area contributed by atoms with Crippen LogP contribution in [0.15, 0.2) is 28.9 Å². The highest BCUT2D eigenvalue weighted by molar-refractivity contribution is 9.10. The second-order valence-electron chi connectivity index (χ2n) is 4.43. The monoisotopic (exact) mass is 335 g/mol. The van der Waals surface area contributed by atoms with Crippen LogP contribution in [0, 0.1) is 0 Å². The predicted octanol–water partition coefficient (Wildman–Crippen LogP) is 3.40. The van der Waals surface area contributed by atoms with Crippen LogP contribution >= 0.6 is 15.9 Å². The zero-order valence-corrected chi connectivity index (χ0v) is 12.6. The van der Waals surface area contributed by atoms with Gasteiger partial charge in [-0.2, -0.15) is 4.98 Å². The second kappa shape index (κ2) is 5.66. The van der Waals surface area contributed by atoms with Gasteiger partial charge in [-0.1, -0.05) is 12.1 Å². The summed E-state index contributed by atoms with van der Waals surface area (Å²) in [6.45, 7) is 0.956. The van der Waals surface area contributed by atoms with Crippen molar-refractivity contribution in [3.05, 3.63) is 34.4 Å². The van der Waals surface area contributed by atoms with Crippen LogP contribution in [0.5, 0.6) is 17.6 Å². The SMILES string of the molecule is COc1nc(Oc2cccc3c2NCCC3)ncc1Br. The number of aryl methyl sites for hydroxylation is 1. The average Bonchev–Trinajstić information content (AvgIpc) is 2.49. The van der Waals surface area contributed by atoms with Crippen LogP contribution in [0.25, 0.3) is 0 Å². The van der Waals surface area contributed by atoms with Gasteiger partial charge in [0.25, 0.3) is 0 Å². The number of nitrogens with zero attached hydrogens (tertiary/aromatic N) is 2. The first-order valence-electron chi connectivity index (χ1n) is 6.38. The Hall–Kier alpha value is -1.82. The smallest absolute Gasteiger partial charge is 0.325 e. The molecule has 5 nitrogen and oxygen atoms in total. The van der Waals surface area contributed by atoms with E-state index in [9.17, 15) is 0 Å². The third-order valence-corrected chi connectivity index (χ3v) is 3.67. The highest BCUT2D eigenvalue weighted by Gasteiger charge is 2.15. The van der Waals surface area contributed by atoms with Gasteiger partial charge in [0.15, 0.2) is 5.75 Å². The summed E-state index contributed by atoms with van der Waals surface area (Å²) in [5, 5.41) is 3.37. The summed E-state index contributed by atoms with van der Waals surface area (Å²) in [6.07, 6.45) is 3.81. The van der Waals surface area contributed by atoms with E-state index in [4.69, 9.17) is 9.47 Å². The van der Waals surface area contributed by atoms with Crippen molar-refractivity contribution < 1.29 is 9.47 Å². The van der Waals surface area contributed by atoms with Crippen molar-refractivity contribution in [3.63, 3.8) is 0 Å². The van der Waals surface area contributed by atoms with E-state index in [1.54, 1.807) is 13.3 Å². The lowest BCUT2D eigenvalue weighted by Crippen LogP contribution is -2.12. The molecule has 1 N–H and O–H groups in total. The molecule has 0 bridgehead atoms. The minimum absolute atomic E-state index is 0.269.